The Morgan fingerprint density at radius 2 is 2.05 bits per heavy atom. The zero-order valence-electron chi connectivity index (χ0n) is 11.9. The Kier molecular flexibility index (Phi) is 7.46. The normalized spacial score (nSPS) is 10.4. The highest BCUT2D eigenvalue weighted by molar-refractivity contribution is 5.98. The Balaban J connectivity index is 2.22. The van der Waals surface area contributed by atoms with Crippen LogP contribution in [0.25, 0.3) is 0 Å². The van der Waals surface area contributed by atoms with E-state index in [-0.39, 0.29) is 0 Å². The van der Waals surface area contributed by atoms with Gasteiger partial charge in [-0.2, -0.15) is 0 Å². The summed E-state index contributed by atoms with van der Waals surface area (Å²) < 4.78 is 10.2. The van der Waals surface area contributed by atoms with E-state index in [1.54, 1.807) is 19.2 Å². The van der Waals surface area contributed by atoms with Crippen molar-refractivity contribution in [3.8, 4) is 0 Å². The molecule has 0 atom stereocenters. The van der Waals surface area contributed by atoms with E-state index in [1.807, 2.05) is 6.07 Å². The number of nitrogens with one attached hydrogen (secondary N) is 1. The van der Waals surface area contributed by atoms with Crippen LogP contribution in [-0.2, 0) is 9.47 Å². The number of nitrogen functional groups attached to an aromatic ring is 1. The van der Waals surface area contributed by atoms with Crippen molar-refractivity contribution in [2.75, 3.05) is 44.5 Å². The third-order valence-corrected chi connectivity index (χ3v) is 2.80. The molecule has 6 heteroatoms. The molecule has 0 aliphatic carbocycles. The molecule has 0 aromatic heterocycles. The van der Waals surface area contributed by atoms with E-state index in [1.165, 1.54) is 0 Å². The first-order valence-electron chi connectivity index (χ1n) is 6.65. The van der Waals surface area contributed by atoms with Crippen LogP contribution in [0, 0.1) is 0 Å². The smallest absolute Gasteiger partial charge is 0.250 e. The van der Waals surface area contributed by atoms with E-state index < -0.39 is 5.91 Å². The molecule has 0 saturated carbocycles. The maximum atomic E-state index is 11.2. The topological polar surface area (TPSA) is 99.6 Å². The summed E-state index contributed by atoms with van der Waals surface area (Å²) >= 11 is 0. The number of anilines is 2. The largest absolute Gasteiger partial charge is 0.398 e. The molecule has 0 spiro atoms. The number of amides is 1. The molecule has 0 heterocycles. The summed E-state index contributed by atoms with van der Waals surface area (Å²) in [5.41, 5.74) is 12.5. The monoisotopic (exact) mass is 281 g/mol. The zero-order valence-corrected chi connectivity index (χ0v) is 11.9. The summed E-state index contributed by atoms with van der Waals surface area (Å²) in [5.74, 6) is -0.516. The van der Waals surface area contributed by atoms with Gasteiger partial charge in [-0.05, 0) is 31.0 Å². The maximum Gasteiger partial charge on any atom is 0.250 e. The first-order chi connectivity index (χ1) is 9.65. The highest BCUT2D eigenvalue weighted by atomic mass is 16.5. The second kappa shape index (κ2) is 9.17. The molecular formula is C14H23N3O3. The number of nitrogens with two attached hydrogens (primary N) is 2. The molecule has 0 saturated heterocycles. The molecule has 112 valence electrons. The van der Waals surface area contributed by atoms with Gasteiger partial charge >= 0.3 is 0 Å². The highest BCUT2D eigenvalue weighted by Crippen LogP contribution is 2.17. The molecule has 1 amide bonds. The van der Waals surface area contributed by atoms with Crippen molar-refractivity contribution in [1.82, 2.24) is 0 Å². The molecule has 0 fully saturated rings. The molecule has 0 unspecified atom stereocenters. The van der Waals surface area contributed by atoms with Crippen LogP contribution >= 0.6 is 0 Å². The van der Waals surface area contributed by atoms with Gasteiger partial charge in [0.2, 0.25) is 0 Å². The van der Waals surface area contributed by atoms with Crippen LogP contribution in [0.5, 0.6) is 0 Å². The lowest BCUT2D eigenvalue weighted by atomic mass is 10.1. The fraction of sp³-hybridized carbons (Fsp3) is 0.500. The summed E-state index contributed by atoms with van der Waals surface area (Å²) in [7, 11) is 1.65. The van der Waals surface area contributed by atoms with Crippen LogP contribution in [0.3, 0.4) is 0 Å². The number of carbonyl (C=O) groups excluding carboxylic acids is 1. The number of rotatable bonds is 10. The summed E-state index contributed by atoms with van der Waals surface area (Å²) in [6.45, 7) is 2.78. The molecule has 0 aliphatic heterocycles. The van der Waals surface area contributed by atoms with Crippen molar-refractivity contribution in [1.29, 1.82) is 0 Å². The average Bonchev–Trinajstić information content (AvgIpc) is 2.43. The summed E-state index contributed by atoms with van der Waals surface area (Å²) in [4.78, 5) is 11.2. The second-order valence-electron chi connectivity index (χ2n) is 4.41. The van der Waals surface area contributed by atoms with Crippen LogP contribution in [0.4, 0.5) is 11.4 Å². The van der Waals surface area contributed by atoms with Gasteiger partial charge in [-0.25, -0.2) is 0 Å². The number of primary amides is 1. The average molecular weight is 281 g/mol. The minimum atomic E-state index is -0.516. The van der Waals surface area contributed by atoms with Crippen LogP contribution in [0.2, 0.25) is 0 Å². The van der Waals surface area contributed by atoms with Crippen molar-refractivity contribution in [2.45, 2.75) is 12.8 Å². The van der Waals surface area contributed by atoms with Gasteiger partial charge in [-0.1, -0.05) is 0 Å². The minimum Gasteiger partial charge on any atom is -0.398 e. The third kappa shape index (κ3) is 5.90. The second-order valence-corrected chi connectivity index (χ2v) is 4.41. The predicted octanol–water partition coefficient (Wildman–Crippen LogP) is 1.22. The Bertz CT molecular complexity index is 424. The number of ether oxygens (including phenoxy) is 2. The molecule has 5 N–H and O–H groups in total. The summed E-state index contributed by atoms with van der Waals surface area (Å²) in [5, 5.41) is 3.23. The summed E-state index contributed by atoms with van der Waals surface area (Å²) in [6.07, 6.45) is 1.94. The van der Waals surface area contributed by atoms with Gasteiger partial charge in [0.05, 0.1) is 18.8 Å². The number of unbranched alkanes of at least 4 members (excludes halogenated alkanes) is 1. The van der Waals surface area contributed by atoms with Gasteiger partial charge in [-0.3, -0.25) is 4.79 Å². The molecular weight excluding hydrogens is 258 g/mol. The summed E-state index contributed by atoms with van der Waals surface area (Å²) in [6, 6.07) is 5.18. The zero-order chi connectivity index (χ0) is 14.8. The highest BCUT2D eigenvalue weighted by Gasteiger charge is 2.06. The maximum absolute atomic E-state index is 11.2. The van der Waals surface area contributed by atoms with Gasteiger partial charge in [0.1, 0.15) is 0 Å². The van der Waals surface area contributed by atoms with Crippen molar-refractivity contribution in [3.63, 3.8) is 0 Å². The Labute approximate surface area is 119 Å². The standard InChI is InChI=1S/C14H23N3O3/c1-19-8-9-20-7-3-2-6-17-11-4-5-13(15)12(10-11)14(16)18/h4-5,10,17H,2-3,6-9,15H2,1H3,(H2,16,18). The van der Waals surface area contributed by atoms with Gasteiger partial charge in [0, 0.05) is 31.6 Å². The molecule has 0 bridgehead atoms. The van der Waals surface area contributed by atoms with Gasteiger partial charge in [0.15, 0.2) is 0 Å². The first kappa shape index (κ1) is 16.3. The van der Waals surface area contributed by atoms with Crippen LogP contribution in [0.1, 0.15) is 23.2 Å². The lowest BCUT2D eigenvalue weighted by molar-refractivity contribution is 0.0691. The van der Waals surface area contributed by atoms with Gasteiger partial charge < -0.3 is 26.3 Å². The van der Waals surface area contributed by atoms with E-state index in [0.717, 1.165) is 31.7 Å². The quantitative estimate of drug-likeness (QED) is 0.442. The number of hydrogen-bond acceptors (Lipinski definition) is 5. The number of hydrogen-bond donors (Lipinski definition) is 3. The van der Waals surface area contributed by atoms with Gasteiger partial charge in [0.25, 0.3) is 5.91 Å². The van der Waals surface area contributed by atoms with E-state index >= 15 is 0 Å². The number of carbonyl (C=O) groups is 1. The molecule has 1 rings (SSSR count). The molecule has 1 aromatic carbocycles. The SMILES string of the molecule is COCCOCCCCNc1ccc(N)c(C(N)=O)c1. The fourth-order valence-electron chi connectivity index (χ4n) is 1.69. The van der Waals surface area contributed by atoms with Gasteiger partial charge in [-0.15, -0.1) is 0 Å². The van der Waals surface area contributed by atoms with E-state index in [4.69, 9.17) is 20.9 Å². The van der Waals surface area contributed by atoms with E-state index in [2.05, 4.69) is 5.32 Å². The molecule has 1 aromatic rings. The van der Waals surface area contributed by atoms with Crippen LogP contribution in [0.15, 0.2) is 18.2 Å². The van der Waals surface area contributed by atoms with Crippen molar-refractivity contribution in [3.05, 3.63) is 23.8 Å². The van der Waals surface area contributed by atoms with Crippen molar-refractivity contribution >= 4 is 17.3 Å². The predicted molar refractivity (Wildman–Crippen MR) is 79.8 cm³/mol. The minimum absolute atomic E-state index is 0.345. The van der Waals surface area contributed by atoms with E-state index in [9.17, 15) is 4.79 Å². The molecule has 6 nitrogen and oxygen atoms in total. The number of methoxy groups -OCH3 is 1. The Hall–Kier alpha value is -1.79. The lowest BCUT2D eigenvalue weighted by Crippen LogP contribution is -2.14. The third-order valence-electron chi connectivity index (χ3n) is 2.80. The van der Waals surface area contributed by atoms with Crippen LogP contribution < -0.4 is 16.8 Å². The Morgan fingerprint density at radius 3 is 2.75 bits per heavy atom. The first-order valence-corrected chi connectivity index (χ1v) is 6.65. The van der Waals surface area contributed by atoms with Crippen molar-refractivity contribution < 1.29 is 14.3 Å². The van der Waals surface area contributed by atoms with Crippen LogP contribution in [-0.4, -0.2) is 39.4 Å². The number of benzene rings is 1. The van der Waals surface area contributed by atoms with Crippen molar-refractivity contribution in [2.24, 2.45) is 5.73 Å². The van der Waals surface area contributed by atoms with E-state index in [0.29, 0.717) is 24.5 Å². The Morgan fingerprint density at radius 1 is 1.25 bits per heavy atom. The fourth-order valence-corrected chi connectivity index (χ4v) is 1.69. The molecule has 20 heavy (non-hydrogen) atoms. The molecule has 0 radical (unpaired) electrons. The lowest BCUT2D eigenvalue weighted by Gasteiger charge is -2.09. The molecule has 0 aliphatic rings.